The molecule has 0 amide bonds. The van der Waals surface area contributed by atoms with Crippen LogP contribution < -0.4 is 4.74 Å². The van der Waals surface area contributed by atoms with Crippen molar-refractivity contribution in [3.63, 3.8) is 0 Å². The zero-order chi connectivity index (χ0) is 14.9. The van der Waals surface area contributed by atoms with Gasteiger partial charge < -0.3 is 4.74 Å². The van der Waals surface area contributed by atoms with Gasteiger partial charge in [-0.2, -0.15) is 0 Å². The number of carbonyl (C=O) groups is 1. The molecule has 0 atom stereocenters. The second-order valence-electron chi connectivity index (χ2n) is 5.28. The number of benzene rings is 2. The molecule has 0 fully saturated rings. The van der Waals surface area contributed by atoms with E-state index in [0.717, 1.165) is 22.3 Å². The molecule has 20 heavy (non-hydrogen) atoms. The Morgan fingerprint density at radius 2 is 1.50 bits per heavy atom. The maximum absolute atomic E-state index is 12.7. The summed E-state index contributed by atoms with van der Waals surface area (Å²) in [4.78, 5) is 12.7. The van der Waals surface area contributed by atoms with E-state index in [1.165, 1.54) is 5.56 Å². The Morgan fingerprint density at radius 3 is 2.15 bits per heavy atom. The SMILES string of the molecule is COc1cc(C)ccc1C(=O)c1cc(C)c(C)cc1C. The van der Waals surface area contributed by atoms with Crippen LogP contribution in [0.15, 0.2) is 30.3 Å². The van der Waals surface area contributed by atoms with Crippen molar-refractivity contribution in [2.75, 3.05) is 7.11 Å². The summed E-state index contributed by atoms with van der Waals surface area (Å²) in [6.45, 7) is 8.04. The first kappa shape index (κ1) is 14.3. The van der Waals surface area contributed by atoms with E-state index in [1.54, 1.807) is 7.11 Å². The monoisotopic (exact) mass is 268 g/mol. The van der Waals surface area contributed by atoms with Gasteiger partial charge in [-0.05, 0) is 68.1 Å². The first-order valence-corrected chi connectivity index (χ1v) is 6.71. The molecule has 0 heterocycles. The number of hydrogen-bond donors (Lipinski definition) is 0. The molecule has 2 rings (SSSR count). The van der Waals surface area contributed by atoms with Crippen molar-refractivity contribution in [1.82, 2.24) is 0 Å². The third-order valence-corrected chi connectivity index (χ3v) is 3.69. The predicted octanol–water partition coefficient (Wildman–Crippen LogP) is 4.16. The van der Waals surface area contributed by atoms with Crippen molar-refractivity contribution in [3.05, 3.63) is 63.7 Å². The normalized spacial score (nSPS) is 10.4. The van der Waals surface area contributed by atoms with E-state index in [0.29, 0.717) is 11.3 Å². The highest BCUT2D eigenvalue weighted by molar-refractivity contribution is 6.11. The molecular weight excluding hydrogens is 248 g/mol. The van der Waals surface area contributed by atoms with Gasteiger partial charge in [0.25, 0.3) is 0 Å². The fourth-order valence-corrected chi connectivity index (χ4v) is 2.34. The van der Waals surface area contributed by atoms with Crippen molar-refractivity contribution >= 4 is 5.78 Å². The van der Waals surface area contributed by atoms with Gasteiger partial charge >= 0.3 is 0 Å². The molecule has 0 saturated heterocycles. The first-order chi connectivity index (χ1) is 9.43. The number of ether oxygens (including phenoxy) is 1. The summed E-state index contributed by atoms with van der Waals surface area (Å²) in [5.74, 6) is 0.648. The van der Waals surface area contributed by atoms with E-state index >= 15 is 0 Å². The van der Waals surface area contributed by atoms with Gasteiger partial charge in [-0.3, -0.25) is 4.79 Å². The van der Waals surface area contributed by atoms with E-state index in [4.69, 9.17) is 4.74 Å². The largest absolute Gasteiger partial charge is 0.496 e. The van der Waals surface area contributed by atoms with Crippen molar-refractivity contribution in [3.8, 4) is 5.75 Å². The van der Waals surface area contributed by atoms with Gasteiger partial charge in [0.2, 0.25) is 0 Å². The quantitative estimate of drug-likeness (QED) is 0.781. The Bertz CT molecular complexity index is 669. The van der Waals surface area contributed by atoms with Crippen LogP contribution in [0.5, 0.6) is 5.75 Å². The lowest BCUT2D eigenvalue weighted by Crippen LogP contribution is -2.07. The highest BCUT2D eigenvalue weighted by Gasteiger charge is 2.17. The molecule has 0 bridgehead atoms. The average molecular weight is 268 g/mol. The van der Waals surface area contributed by atoms with Gasteiger partial charge in [0, 0.05) is 5.56 Å². The minimum atomic E-state index is 0.0162. The van der Waals surface area contributed by atoms with Crippen LogP contribution in [0.4, 0.5) is 0 Å². The standard InChI is InChI=1S/C18H20O2/c1-11-6-7-15(17(8-11)20-5)18(19)16-10-13(3)12(2)9-14(16)4/h6-10H,1-5H3. The lowest BCUT2D eigenvalue weighted by Gasteiger charge is -2.12. The van der Waals surface area contributed by atoms with Crippen LogP contribution in [-0.2, 0) is 0 Å². The summed E-state index contributed by atoms with van der Waals surface area (Å²) in [5.41, 5.74) is 5.77. The van der Waals surface area contributed by atoms with Gasteiger partial charge in [-0.1, -0.05) is 12.1 Å². The minimum absolute atomic E-state index is 0.0162. The summed E-state index contributed by atoms with van der Waals surface area (Å²) in [7, 11) is 1.60. The topological polar surface area (TPSA) is 26.3 Å². The summed E-state index contributed by atoms with van der Waals surface area (Å²) in [6, 6.07) is 9.69. The number of hydrogen-bond acceptors (Lipinski definition) is 2. The summed E-state index contributed by atoms with van der Waals surface area (Å²) in [6.07, 6.45) is 0. The van der Waals surface area contributed by atoms with E-state index in [1.807, 2.05) is 45.0 Å². The lowest BCUT2D eigenvalue weighted by atomic mass is 9.94. The molecule has 2 nitrogen and oxygen atoms in total. The molecule has 0 aliphatic rings. The first-order valence-electron chi connectivity index (χ1n) is 6.71. The number of methoxy groups -OCH3 is 1. The van der Waals surface area contributed by atoms with Crippen LogP contribution in [0.1, 0.15) is 38.2 Å². The van der Waals surface area contributed by atoms with Crippen molar-refractivity contribution in [2.24, 2.45) is 0 Å². The highest BCUT2D eigenvalue weighted by atomic mass is 16.5. The molecular formula is C18H20O2. The maximum atomic E-state index is 12.7. The van der Waals surface area contributed by atoms with Gasteiger partial charge in [0.15, 0.2) is 5.78 Å². The van der Waals surface area contributed by atoms with Crippen LogP contribution in [0, 0.1) is 27.7 Å². The van der Waals surface area contributed by atoms with Crippen LogP contribution in [0.25, 0.3) is 0 Å². The second kappa shape index (κ2) is 5.49. The van der Waals surface area contributed by atoms with Gasteiger partial charge in [0.05, 0.1) is 12.7 Å². The molecule has 2 aromatic carbocycles. The van der Waals surface area contributed by atoms with E-state index < -0.39 is 0 Å². The summed E-state index contributed by atoms with van der Waals surface area (Å²) < 4.78 is 5.34. The van der Waals surface area contributed by atoms with E-state index in [-0.39, 0.29) is 5.78 Å². The molecule has 0 aliphatic carbocycles. The average Bonchev–Trinajstić information content (AvgIpc) is 2.42. The summed E-state index contributed by atoms with van der Waals surface area (Å²) in [5, 5.41) is 0. The molecule has 0 N–H and O–H groups in total. The van der Waals surface area contributed by atoms with Gasteiger partial charge in [0.1, 0.15) is 5.75 Å². The van der Waals surface area contributed by atoms with Crippen LogP contribution in [0.3, 0.4) is 0 Å². The van der Waals surface area contributed by atoms with Crippen LogP contribution >= 0.6 is 0 Å². The van der Waals surface area contributed by atoms with Crippen molar-refractivity contribution < 1.29 is 9.53 Å². The Labute approximate surface area is 120 Å². The molecule has 0 aromatic heterocycles. The number of aryl methyl sites for hydroxylation is 4. The Kier molecular flexibility index (Phi) is 3.93. The third kappa shape index (κ3) is 2.60. The Morgan fingerprint density at radius 1 is 0.850 bits per heavy atom. The Hall–Kier alpha value is -2.09. The Balaban J connectivity index is 2.54. The van der Waals surface area contributed by atoms with Gasteiger partial charge in [-0.15, -0.1) is 0 Å². The minimum Gasteiger partial charge on any atom is -0.496 e. The third-order valence-electron chi connectivity index (χ3n) is 3.69. The summed E-state index contributed by atoms with van der Waals surface area (Å²) >= 11 is 0. The molecule has 104 valence electrons. The van der Waals surface area contributed by atoms with E-state index in [9.17, 15) is 4.79 Å². The van der Waals surface area contributed by atoms with Crippen molar-refractivity contribution in [2.45, 2.75) is 27.7 Å². The molecule has 0 unspecified atom stereocenters. The number of carbonyl (C=O) groups excluding carboxylic acids is 1. The number of ketones is 1. The zero-order valence-electron chi connectivity index (χ0n) is 12.7. The lowest BCUT2D eigenvalue weighted by molar-refractivity contribution is 0.103. The molecule has 2 heteroatoms. The smallest absolute Gasteiger partial charge is 0.197 e. The van der Waals surface area contributed by atoms with Crippen LogP contribution in [-0.4, -0.2) is 12.9 Å². The molecule has 2 aromatic rings. The van der Waals surface area contributed by atoms with E-state index in [2.05, 4.69) is 13.0 Å². The molecule has 0 spiro atoms. The highest BCUT2D eigenvalue weighted by Crippen LogP contribution is 2.25. The molecule has 0 saturated carbocycles. The fourth-order valence-electron chi connectivity index (χ4n) is 2.34. The van der Waals surface area contributed by atoms with Crippen LogP contribution in [0.2, 0.25) is 0 Å². The van der Waals surface area contributed by atoms with Gasteiger partial charge in [-0.25, -0.2) is 0 Å². The number of rotatable bonds is 3. The maximum Gasteiger partial charge on any atom is 0.197 e. The predicted molar refractivity (Wildman–Crippen MR) is 81.8 cm³/mol. The molecule has 0 aliphatic heterocycles. The van der Waals surface area contributed by atoms with Crippen molar-refractivity contribution in [1.29, 1.82) is 0 Å². The zero-order valence-corrected chi connectivity index (χ0v) is 12.7. The fraction of sp³-hybridized carbons (Fsp3) is 0.278. The second-order valence-corrected chi connectivity index (χ2v) is 5.28. The molecule has 0 radical (unpaired) electrons.